The molecule has 0 saturated heterocycles. The van der Waals surface area contributed by atoms with E-state index in [9.17, 15) is 4.79 Å². The highest BCUT2D eigenvalue weighted by molar-refractivity contribution is 5.78. The Balaban J connectivity index is 4.52. The predicted octanol–water partition coefficient (Wildman–Crippen LogP) is 1.23. The molecule has 2 N–H and O–H groups in total. The normalized spacial score (nSPS) is 11.9. The molecular formula is C10H22N2O. The maximum Gasteiger partial charge on any atom is 0.225 e. The van der Waals surface area contributed by atoms with Crippen LogP contribution in [0.25, 0.3) is 0 Å². The van der Waals surface area contributed by atoms with E-state index in [1.54, 1.807) is 0 Å². The van der Waals surface area contributed by atoms with Gasteiger partial charge in [-0.25, -0.2) is 0 Å². The van der Waals surface area contributed by atoms with Crippen molar-refractivity contribution < 1.29 is 4.79 Å². The molecule has 0 atom stereocenters. The summed E-state index contributed by atoms with van der Waals surface area (Å²) in [6.45, 7) is 11.1. The Bertz CT molecular complexity index is 170. The molecule has 0 saturated carbocycles. The highest BCUT2D eigenvalue weighted by Crippen LogP contribution is 2.15. The minimum atomic E-state index is -0.124. The van der Waals surface area contributed by atoms with Crippen molar-refractivity contribution in [2.24, 2.45) is 11.7 Å². The SMILES string of the molecule is CC(C)C(=O)N(CCN)C(C)(C)C. The van der Waals surface area contributed by atoms with Crippen LogP contribution in [0.15, 0.2) is 0 Å². The van der Waals surface area contributed by atoms with E-state index in [1.165, 1.54) is 0 Å². The average molecular weight is 186 g/mol. The summed E-state index contributed by atoms with van der Waals surface area (Å²) in [6, 6.07) is 0. The molecule has 0 bridgehead atoms. The van der Waals surface area contributed by atoms with Crippen LogP contribution in [0.5, 0.6) is 0 Å². The monoisotopic (exact) mass is 186 g/mol. The zero-order chi connectivity index (χ0) is 10.6. The lowest BCUT2D eigenvalue weighted by molar-refractivity contribution is -0.139. The molecule has 0 aliphatic carbocycles. The van der Waals surface area contributed by atoms with E-state index in [-0.39, 0.29) is 17.4 Å². The zero-order valence-corrected chi connectivity index (χ0v) is 9.42. The van der Waals surface area contributed by atoms with Gasteiger partial charge in [0.2, 0.25) is 5.91 Å². The maximum atomic E-state index is 11.7. The molecule has 3 nitrogen and oxygen atoms in total. The summed E-state index contributed by atoms with van der Waals surface area (Å²) in [5, 5.41) is 0. The van der Waals surface area contributed by atoms with Crippen molar-refractivity contribution in [1.82, 2.24) is 4.90 Å². The molecule has 13 heavy (non-hydrogen) atoms. The van der Waals surface area contributed by atoms with Crippen LogP contribution in [-0.2, 0) is 4.79 Å². The molecule has 0 aliphatic heterocycles. The fourth-order valence-corrected chi connectivity index (χ4v) is 1.22. The molecule has 3 heteroatoms. The second kappa shape index (κ2) is 4.61. The first kappa shape index (κ1) is 12.4. The summed E-state index contributed by atoms with van der Waals surface area (Å²) in [7, 11) is 0. The van der Waals surface area contributed by atoms with Crippen molar-refractivity contribution in [1.29, 1.82) is 0 Å². The van der Waals surface area contributed by atoms with E-state index in [0.717, 1.165) is 0 Å². The lowest BCUT2D eigenvalue weighted by Crippen LogP contribution is -2.49. The van der Waals surface area contributed by atoms with Crippen LogP contribution in [-0.4, -0.2) is 29.4 Å². The Kier molecular flexibility index (Phi) is 4.40. The lowest BCUT2D eigenvalue weighted by Gasteiger charge is -2.36. The number of nitrogens with zero attached hydrogens (tertiary/aromatic N) is 1. The second-order valence-corrected chi connectivity index (χ2v) is 4.60. The molecule has 0 aromatic rings. The van der Waals surface area contributed by atoms with Gasteiger partial charge in [0.05, 0.1) is 0 Å². The average Bonchev–Trinajstić information content (AvgIpc) is 1.96. The van der Waals surface area contributed by atoms with Crippen molar-refractivity contribution in [3.8, 4) is 0 Å². The van der Waals surface area contributed by atoms with E-state index in [0.29, 0.717) is 13.1 Å². The summed E-state index contributed by atoms with van der Waals surface area (Å²) in [4.78, 5) is 13.6. The highest BCUT2D eigenvalue weighted by atomic mass is 16.2. The molecule has 1 amide bonds. The Morgan fingerprint density at radius 1 is 1.38 bits per heavy atom. The van der Waals surface area contributed by atoms with E-state index in [1.807, 2.05) is 39.5 Å². The van der Waals surface area contributed by atoms with Gasteiger partial charge >= 0.3 is 0 Å². The largest absolute Gasteiger partial charge is 0.336 e. The Hall–Kier alpha value is -0.570. The van der Waals surface area contributed by atoms with Gasteiger partial charge < -0.3 is 10.6 Å². The second-order valence-electron chi connectivity index (χ2n) is 4.60. The lowest BCUT2D eigenvalue weighted by atomic mass is 10.0. The smallest absolute Gasteiger partial charge is 0.225 e. The van der Waals surface area contributed by atoms with Gasteiger partial charge in [-0.15, -0.1) is 0 Å². The molecule has 0 radical (unpaired) electrons. The fraction of sp³-hybridized carbons (Fsp3) is 0.900. The van der Waals surface area contributed by atoms with Gasteiger partial charge in [-0.1, -0.05) is 13.8 Å². The van der Waals surface area contributed by atoms with E-state index < -0.39 is 0 Å². The van der Waals surface area contributed by atoms with E-state index in [2.05, 4.69) is 0 Å². The first-order chi connectivity index (χ1) is 5.80. The van der Waals surface area contributed by atoms with Crippen LogP contribution in [0.3, 0.4) is 0 Å². The molecule has 0 fully saturated rings. The molecule has 0 heterocycles. The molecule has 0 aromatic heterocycles. The summed E-state index contributed by atoms with van der Waals surface area (Å²) < 4.78 is 0. The fourth-order valence-electron chi connectivity index (χ4n) is 1.22. The van der Waals surface area contributed by atoms with Gasteiger partial charge in [0.25, 0.3) is 0 Å². The molecule has 0 aliphatic rings. The van der Waals surface area contributed by atoms with Crippen LogP contribution in [0, 0.1) is 5.92 Å². The Morgan fingerprint density at radius 3 is 2.08 bits per heavy atom. The number of amides is 1. The third kappa shape index (κ3) is 3.77. The third-order valence-corrected chi connectivity index (χ3v) is 1.92. The van der Waals surface area contributed by atoms with E-state index in [4.69, 9.17) is 5.73 Å². The first-order valence-corrected chi connectivity index (χ1v) is 4.82. The molecular weight excluding hydrogens is 164 g/mol. The van der Waals surface area contributed by atoms with E-state index >= 15 is 0 Å². The molecule has 0 spiro atoms. The quantitative estimate of drug-likeness (QED) is 0.720. The van der Waals surface area contributed by atoms with Crippen molar-refractivity contribution in [2.45, 2.75) is 40.2 Å². The number of carbonyl (C=O) groups is 1. The third-order valence-electron chi connectivity index (χ3n) is 1.92. The maximum absolute atomic E-state index is 11.7. The van der Waals surface area contributed by atoms with Crippen molar-refractivity contribution >= 4 is 5.91 Å². The number of hydrogen-bond acceptors (Lipinski definition) is 2. The first-order valence-electron chi connectivity index (χ1n) is 4.82. The highest BCUT2D eigenvalue weighted by Gasteiger charge is 2.26. The molecule has 0 rings (SSSR count). The Labute approximate surface area is 81.3 Å². The summed E-state index contributed by atoms with van der Waals surface area (Å²) >= 11 is 0. The minimum Gasteiger partial charge on any atom is -0.336 e. The molecule has 0 unspecified atom stereocenters. The minimum absolute atomic E-state index is 0.0470. The molecule has 0 aromatic carbocycles. The number of nitrogens with two attached hydrogens (primary N) is 1. The van der Waals surface area contributed by atoms with Crippen molar-refractivity contribution in [3.05, 3.63) is 0 Å². The summed E-state index contributed by atoms with van der Waals surface area (Å²) in [5.74, 6) is 0.226. The van der Waals surface area contributed by atoms with Gasteiger partial charge in [0.1, 0.15) is 0 Å². The van der Waals surface area contributed by atoms with Crippen LogP contribution < -0.4 is 5.73 Å². The van der Waals surface area contributed by atoms with Crippen molar-refractivity contribution in [3.63, 3.8) is 0 Å². The van der Waals surface area contributed by atoms with Gasteiger partial charge in [0, 0.05) is 24.5 Å². The number of hydrogen-bond donors (Lipinski definition) is 1. The van der Waals surface area contributed by atoms with Gasteiger partial charge in [-0.2, -0.15) is 0 Å². The van der Waals surface area contributed by atoms with Crippen LogP contribution >= 0.6 is 0 Å². The van der Waals surface area contributed by atoms with Gasteiger partial charge in [0.15, 0.2) is 0 Å². The topological polar surface area (TPSA) is 46.3 Å². The van der Waals surface area contributed by atoms with Gasteiger partial charge in [-0.05, 0) is 20.8 Å². The zero-order valence-electron chi connectivity index (χ0n) is 9.42. The van der Waals surface area contributed by atoms with Crippen LogP contribution in [0.4, 0.5) is 0 Å². The predicted molar refractivity (Wildman–Crippen MR) is 55.4 cm³/mol. The van der Waals surface area contributed by atoms with Gasteiger partial charge in [-0.3, -0.25) is 4.79 Å². The van der Waals surface area contributed by atoms with Crippen molar-refractivity contribution in [2.75, 3.05) is 13.1 Å². The summed E-state index contributed by atoms with van der Waals surface area (Å²) in [5.41, 5.74) is 5.35. The van der Waals surface area contributed by atoms with Crippen LogP contribution in [0.1, 0.15) is 34.6 Å². The number of carbonyl (C=O) groups excluding carboxylic acids is 1. The number of rotatable bonds is 3. The standard InChI is InChI=1S/C10H22N2O/c1-8(2)9(13)12(7-6-11)10(3,4)5/h8H,6-7,11H2,1-5H3. The Morgan fingerprint density at radius 2 is 1.85 bits per heavy atom. The molecule has 78 valence electrons. The van der Waals surface area contributed by atoms with Crippen LogP contribution in [0.2, 0.25) is 0 Å². The summed E-state index contributed by atoms with van der Waals surface area (Å²) in [6.07, 6.45) is 0.